The second-order valence-electron chi connectivity index (χ2n) is 4.06. The highest BCUT2D eigenvalue weighted by Gasteiger charge is 2.06. The second kappa shape index (κ2) is 3.24. The third kappa shape index (κ3) is 1.12. The SMILES string of the molecule is C=Cc1ccc2c(c1)c1ccccc1n2C. The number of para-hydroxylation sites is 1. The van der Waals surface area contributed by atoms with Crippen LogP contribution in [0, 0.1) is 0 Å². The van der Waals surface area contributed by atoms with Crippen molar-refractivity contribution in [2.75, 3.05) is 0 Å². The Bertz CT molecular complexity index is 689. The predicted molar refractivity (Wildman–Crippen MR) is 70.5 cm³/mol. The molecule has 16 heavy (non-hydrogen) atoms. The van der Waals surface area contributed by atoms with Gasteiger partial charge in [-0.2, -0.15) is 0 Å². The van der Waals surface area contributed by atoms with Crippen LogP contribution in [-0.4, -0.2) is 4.57 Å². The third-order valence-corrected chi connectivity index (χ3v) is 3.17. The summed E-state index contributed by atoms with van der Waals surface area (Å²) in [5.41, 5.74) is 3.72. The zero-order valence-electron chi connectivity index (χ0n) is 9.27. The molecule has 0 aliphatic rings. The van der Waals surface area contributed by atoms with Crippen LogP contribution in [0.2, 0.25) is 0 Å². The van der Waals surface area contributed by atoms with Crippen LogP contribution in [0.5, 0.6) is 0 Å². The van der Waals surface area contributed by atoms with Gasteiger partial charge in [0.15, 0.2) is 0 Å². The van der Waals surface area contributed by atoms with Crippen molar-refractivity contribution in [3.8, 4) is 0 Å². The van der Waals surface area contributed by atoms with Gasteiger partial charge in [-0.05, 0) is 23.8 Å². The van der Waals surface area contributed by atoms with E-state index >= 15 is 0 Å². The summed E-state index contributed by atoms with van der Waals surface area (Å²) in [5, 5.41) is 2.61. The first-order valence-electron chi connectivity index (χ1n) is 5.41. The molecule has 0 saturated heterocycles. The van der Waals surface area contributed by atoms with Crippen molar-refractivity contribution in [3.63, 3.8) is 0 Å². The topological polar surface area (TPSA) is 4.93 Å². The second-order valence-corrected chi connectivity index (χ2v) is 4.06. The lowest BCUT2D eigenvalue weighted by molar-refractivity contribution is 1.01. The molecule has 0 aliphatic carbocycles. The Labute approximate surface area is 94.6 Å². The summed E-state index contributed by atoms with van der Waals surface area (Å²) in [6.45, 7) is 3.82. The molecule has 78 valence electrons. The fourth-order valence-corrected chi connectivity index (χ4v) is 2.31. The molecule has 0 amide bonds. The third-order valence-electron chi connectivity index (χ3n) is 3.17. The maximum Gasteiger partial charge on any atom is 0.0489 e. The van der Waals surface area contributed by atoms with E-state index in [0.717, 1.165) is 0 Å². The fraction of sp³-hybridized carbons (Fsp3) is 0.0667. The molecule has 0 spiro atoms. The zero-order valence-corrected chi connectivity index (χ0v) is 9.27. The van der Waals surface area contributed by atoms with Gasteiger partial charge in [0.05, 0.1) is 0 Å². The first kappa shape index (κ1) is 9.22. The molecule has 0 bridgehead atoms. The number of hydrogen-bond donors (Lipinski definition) is 0. The molecular formula is C15H13N. The molecule has 0 radical (unpaired) electrons. The lowest BCUT2D eigenvalue weighted by Gasteiger charge is -1.97. The number of rotatable bonds is 1. The molecule has 2 aromatic carbocycles. The van der Waals surface area contributed by atoms with Crippen LogP contribution in [0.3, 0.4) is 0 Å². The van der Waals surface area contributed by atoms with Gasteiger partial charge in [-0.25, -0.2) is 0 Å². The first-order valence-corrected chi connectivity index (χ1v) is 5.41. The van der Waals surface area contributed by atoms with Crippen molar-refractivity contribution in [1.29, 1.82) is 0 Å². The monoisotopic (exact) mass is 207 g/mol. The Balaban J connectivity index is 2.57. The summed E-state index contributed by atoms with van der Waals surface area (Å²) < 4.78 is 2.23. The summed E-state index contributed by atoms with van der Waals surface area (Å²) in [4.78, 5) is 0. The molecule has 0 aliphatic heterocycles. The van der Waals surface area contributed by atoms with E-state index in [1.165, 1.54) is 27.4 Å². The van der Waals surface area contributed by atoms with E-state index in [9.17, 15) is 0 Å². The van der Waals surface area contributed by atoms with Gasteiger partial charge in [0.1, 0.15) is 0 Å². The van der Waals surface area contributed by atoms with Gasteiger partial charge < -0.3 is 4.57 Å². The minimum Gasteiger partial charge on any atom is -0.344 e. The Morgan fingerprint density at radius 3 is 2.56 bits per heavy atom. The largest absolute Gasteiger partial charge is 0.344 e. The van der Waals surface area contributed by atoms with Crippen molar-refractivity contribution in [1.82, 2.24) is 4.57 Å². The molecule has 0 fully saturated rings. The number of aryl methyl sites for hydroxylation is 1. The van der Waals surface area contributed by atoms with Gasteiger partial charge in [-0.15, -0.1) is 0 Å². The van der Waals surface area contributed by atoms with Gasteiger partial charge in [-0.3, -0.25) is 0 Å². The summed E-state index contributed by atoms with van der Waals surface area (Å²) >= 11 is 0. The first-order chi connectivity index (χ1) is 7.81. The highest BCUT2D eigenvalue weighted by Crippen LogP contribution is 2.28. The maximum absolute atomic E-state index is 3.82. The Morgan fingerprint density at radius 1 is 1.00 bits per heavy atom. The fourth-order valence-electron chi connectivity index (χ4n) is 2.31. The highest BCUT2D eigenvalue weighted by atomic mass is 14.9. The number of aromatic nitrogens is 1. The van der Waals surface area contributed by atoms with Gasteiger partial charge in [0.25, 0.3) is 0 Å². The Kier molecular flexibility index (Phi) is 1.87. The van der Waals surface area contributed by atoms with E-state index in [0.29, 0.717) is 0 Å². The van der Waals surface area contributed by atoms with E-state index < -0.39 is 0 Å². The number of nitrogens with zero attached hydrogens (tertiary/aromatic N) is 1. The van der Waals surface area contributed by atoms with E-state index in [1.54, 1.807) is 0 Å². The number of fused-ring (bicyclic) bond motifs is 3. The normalized spacial score (nSPS) is 11.1. The molecule has 0 N–H and O–H groups in total. The van der Waals surface area contributed by atoms with Gasteiger partial charge in [0, 0.05) is 28.9 Å². The summed E-state index contributed by atoms with van der Waals surface area (Å²) in [6.07, 6.45) is 1.89. The van der Waals surface area contributed by atoms with Crippen molar-refractivity contribution in [2.24, 2.45) is 7.05 Å². The van der Waals surface area contributed by atoms with Crippen molar-refractivity contribution < 1.29 is 0 Å². The van der Waals surface area contributed by atoms with Crippen LogP contribution in [0.1, 0.15) is 5.56 Å². The molecule has 0 atom stereocenters. The molecular weight excluding hydrogens is 194 g/mol. The van der Waals surface area contributed by atoms with Crippen LogP contribution < -0.4 is 0 Å². The standard InChI is InChI=1S/C15H13N/c1-3-11-8-9-15-13(10-11)12-6-4-5-7-14(12)16(15)2/h3-10H,1H2,2H3. The minimum absolute atomic E-state index is 1.17. The van der Waals surface area contributed by atoms with Crippen LogP contribution >= 0.6 is 0 Å². The van der Waals surface area contributed by atoms with Crippen molar-refractivity contribution >= 4 is 27.9 Å². The van der Waals surface area contributed by atoms with E-state index in [4.69, 9.17) is 0 Å². The van der Waals surface area contributed by atoms with Crippen molar-refractivity contribution in [2.45, 2.75) is 0 Å². The van der Waals surface area contributed by atoms with Crippen LogP contribution in [-0.2, 0) is 7.05 Å². The Hall–Kier alpha value is -2.02. The molecule has 1 heterocycles. The summed E-state index contributed by atoms with van der Waals surface area (Å²) in [7, 11) is 2.11. The molecule has 1 nitrogen and oxygen atoms in total. The van der Waals surface area contributed by atoms with E-state index in [2.05, 4.69) is 60.7 Å². The average Bonchev–Trinajstić information content (AvgIpc) is 2.64. The smallest absolute Gasteiger partial charge is 0.0489 e. The zero-order chi connectivity index (χ0) is 11.1. The maximum atomic E-state index is 3.82. The quantitative estimate of drug-likeness (QED) is 0.569. The van der Waals surface area contributed by atoms with Crippen LogP contribution in [0.4, 0.5) is 0 Å². The minimum atomic E-state index is 1.17. The van der Waals surface area contributed by atoms with Crippen LogP contribution in [0.15, 0.2) is 49.0 Å². The van der Waals surface area contributed by atoms with Crippen LogP contribution in [0.25, 0.3) is 27.9 Å². The summed E-state index contributed by atoms with van der Waals surface area (Å²) in [6, 6.07) is 15.0. The predicted octanol–water partition coefficient (Wildman–Crippen LogP) is 3.97. The molecule has 0 unspecified atom stereocenters. The van der Waals surface area contributed by atoms with E-state index in [1.807, 2.05) is 6.08 Å². The molecule has 1 aromatic heterocycles. The molecule has 3 rings (SSSR count). The summed E-state index contributed by atoms with van der Waals surface area (Å²) in [5.74, 6) is 0. The number of hydrogen-bond acceptors (Lipinski definition) is 0. The highest BCUT2D eigenvalue weighted by molar-refractivity contribution is 6.08. The van der Waals surface area contributed by atoms with Gasteiger partial charge in [-0.1, -0.05) is 36.9 Å². The van der Waals surface area contributed by atoms with E-state index in [-0.39, 0.29) is 0 Å². The lowest BCUT2D eigenvalue weighted by atomic mass is 10.1. The van der Waals surface area contributed by atoms with Crippen molar-refractivity contribution in [3.05, 3.63) is 54.6 Å². The number of benzene rings is 2. The Morgan fingerprint density at radius 2 is 1.75 bits per heavy atom. The molecule has 1 heteroatoms. The average molecular weight is 207 g/mol. The molecule has 0 saturated carbocycles. The van der Waals surface area contributed by atoms with Gasteiger partial charge in [0.2, 0.25) is 0 Å². The lowest BCUT2D eigenvalue weighted by Crippen LogP contribution is -1.85. The molecule has 3 aromatic rings. The van der Waals surface area contributed by atoms with Gasteiger partial charge >= 0.3 is 0 Å².